The monoisotopic (exact) mass is 183 g/mol. The van der Waals surface area contributed by atoms with Crippen LogP contribution in [0.5, 0.6) is 0 Å². The normalized spacial score (nSPS) is 58.6. The van der Waals surface area contributed by atoms with Gasteiger partial charge in [-0.2, -0.15) is 0 Å². The first-order valence-electron chi connectivity index (χ1n) is 5.64. The lowest BCUT2D eigenvalue weighted by Crippen LogP contribution is -2.62. The molecule has 0 spiro atoms. The first-order valence-corrected chi connectivity index (χ1v) is 5.64. The Morgan fingerprint density at radius 2 is 1.38 bits per heavy atom. The van der Waals surface area contributed by atoms with Gasteiger partial charge in [0.1, 0.15) is 6.17 Å². The molecule has 4 unspecified atom stereocenters. The molecule has 0 radical (unpaired) electrons. The molecule has 74 valence electrons. The summed E-state index contributed by atoms with van der Waals surface area (Å²) >= 11 is 0. The van der Waals surface area contributed by atoms with E-state index in [-0.39, 0.29) is 0 Å². The quantitative estimate of drug-likeness (QED) is 0.655. The highest BCUT2D eigenvalue weighted by molar-refractivity contribution is 5.08. The molecule has 3 saturated carbocycles. The first-order chi connectivity index (χ1) is 6.33. The van der Waals surface area contributed by atoms with E-state index in [1.807, 2.05) is 7.05 Å². The van der Waals surface area contributed by atoms with Crippen molar-refractivity contribution in [1.82, 2.24) is 5.32 Å². The van der Waals surface area contributed by atoms with E-state index in [1.165, 1.54) is 12.8 Å². The van der Waals surface area contributed by atoms with Gasteiger partial charge in [0.25, 0.3) is 0 Å². The molecular weight excluding hydrogens is 165 g/mol. The molecule has 1 N–H and O–H groups in total. The molecule has 0 aliphatic heterocycles. The zero-order valence-corrected chi connectivity index (χ0v) is 8.17. The van der Waals surface area contributed by atoms with Crippen LogP contribution < -0.4 is 5.32 Å². The fourth-order valence-electron chi connectivity index (χ4n) is 3.85. The number of hydrogen-bond acceptors (Lipinski definition) is 1. The Balaban J connectivity index is 1.83. The van der Waals surface area contributed by atoms with Crippen molar-refractivity contribution >= 4 is 0 Å². The number of nitrogens with one attached hydrogen (secondary N) is 1. The Morgan fingerprint density at radius 3 is 1.69 bits per heavy atom. The highest BCUT2D eigenvalue weighted by Crippen LogP contribution is 2.56. The zero-order chi connectivity index (χ0) is 9.00. The Hall–Kier alpha value is -0.110. The summed E-state index contributed by atoms with van der Waals surface area (Å²) in [4.78, 5) is 0. The number of rotatable bonds is 1. The van der Waals surface area contributed by atoms with Crippen LogP contribution in [-0.4, -0.2) is 19.3 Å². The lowest BCUT2D eigenvalue weighted by Gasteiger charge is -2.59. The van der Waals surface area contributed by atoms with Gasteiger partial charge in [0.2, 0.25) is 0 Å². The van der Waals surface area contributed by atoms with Crippen LogP contribution in [0.25, 0.3) is 0 Å². The zero-order valence-electron chi connectivity index (χ0n) is 8.17. The molecule has 3 rings (SSSR count). The third-order valence-corrected chi connectivity index (χ3v) is 4.84. The molecule has 0 amide bonds. The van der Waals surface area contributed by atoms with Crippen molar-refractivity contribution in [2.45, 2.75) is 37.9 Å². The average molecular weight is 183 g/mol. The Morgan fingerprint density at radius 1 is 0.923 bits per heavy atom. The largest absolute Gasteiger partial charge is 0.316 e. The standard InChI is InChI=1S/C11H18FN/c1-13-11-8-4-2-6(8)10(12)7-3-5-9(7)11/h6-11,13H,2-5H2,1H3. The maximum absolute atomic E-state index is 13.9. The van der Waals surface area contributed by atoms with Gasteiger partial charge in [-0.25, -0.2) is 4.39 Å². The maximum atomic E-state index is 13.9. The molecule has 4 atom stereocenters. The Labute approximate surface area is 79.1 Å². The molecule has 0 heterocycles. The second-order valence-corrected chi connectivity index (χ2v) is 5.07. The molecule has 0 aromatic carbocycles. The summed E-state index contributed by atoms with van der Waals surface area (Å²) in [6.07, 6.45) is 4.36. The van der Waals surface area contributed by atoms with Gasteiger partial charge in [0, 0.05) is 6.04 Å². The summed E-state index contributed by atoms with van der Waals surface area (Å²) < 4.78 is 13.9. The van der Waals surface area contributed by atoms with Crippen LogP contribution in [0.15, 0.2) is 0 Å². The van der Waals surface area contributed by atoms with Gasteiger partial charge >= 0.3 is 0 Å². The topological polar surface area (TPSA) is 12.0 Å². The van der Waals surface area contributed by atoms with Crippen LogP contribution in [0.1, 0.15) is 25.7 Å². The van der Waals surface area contributed by atoms with Gasteiger partial charge in [0.15, 0.2) is 0 Å². The van der Waals surface area contributed by atoms with E-state index in [0.717, 1.165) is 12.8 Å². The summed E-state index contributed by atoms with van der Waals surface area (Å²) in [6.45, 7) is 0. The number of alkyl halides is 1. The summed E-state index contributed by atoms with van der Waals surface area (Å²) in [6, 6.07) is 0.643. The summed E-state index contributed by atoms with van der Waals surface area (Å²) in [5.74, 6) is 2.17. The van der Waals surface area contributed by atoms with Gasteiger partial charge < -0.3 is 5.32 Å². The van der Waals surface area contributed by atoms with Crippen LogP contribution in [0.3, 0.4) is 0 Å². The summed E-state index contributed by atoms with van der Waals surface area (Å²) in [7, 11) is 2.05. The fourth-order valence-corrected chi connectivity index (χ4v) is 3.85. The second kappa shape index (κ2) is 2.69. The van der Waals surface area contributed by atoms with Crippen molar-refractivity contribution < 1.29 is 4.39 Å². The van der Waals surface area contributed by atoms with Crippen LogP contribution >= 0.6 is 0 Å². The third-order valence-electron chi connectivity index (χ3n) is 4.84. The van der Waals surface area contributed by atoms with Crippen molar-refractivity contribution in [3.05, 3.63) is 0 Å². The molecule has 2 heteroatoms. The van der Waals surface area contributed by atoms with Crippen molar-refractivity contribution in [1.29, 1.82) is 0 Å². The Kier molecular flexibility index (Phi) is 1.70. The highest BCUT2D eigenvalue weighted by Gasteiger charge is 2.56. The number of fused-ring (bicyclic) bond motifs is 2. The molecule has 13 heavy (non-hydrogen) atoms. The SMILES string of the molecule is CNC1C2CCC2C(F)C2CCC21. The van der Waals surface area contributed by atoms with Crippen LogP contribution in [0.2, 0.25) is 0 Å². The van der Waals surface area contributed by atoms with Crippen molar-refractivity contribution in [3.8, 4) is 0 Å². The van der Waals surface area contributed by atoms with E-state index in [1.54, 1.807) is 0 Å². The molecule has 3 aliphatic carbocycles. The lowest BCUT2D eigenvalue weighted by atomic mass is 9.50. The Bertz CT molecular complexity index is 198. The first kappa shape index (κ1) is 8.22. The number of halogens is 1. The molecule has 3 fully saturated rings. The average Bonchev–Trinajstić information content (AvgIpc) is 1.96. The van der Waals surface area contributed by atoms with Crippen molar-refractivity contribution in [2.75, 3.05) is 7.05 Å². The molecule has 0 bridgehead atoms. The van der Waals surface area contributed by atoms with Gasteiger partial charge in [-0.15, -0.1) is 0 Å². The van der Waals surface area contributed by atoms with Crippen LogP contribution in [0.4, 0.5) is 4.39 Å². The predicted octanol–water partition coefficient (Wildman–Crippen LogP) is 1.98. The molecule has 0 aromatic heterocycles. The predicted molar refractivity (Wildman–Crippen MR) is 50.2 cm³/mol. The second-order valence-electron chi connectivity index (χ2n) is 5.07. The van der Waals surface area contributed by atoms with E-state index in [4.69, 9.17) is 0 Å². The van der Waals surface area contributed by atoms with Gasteiger partial charge in [-0.1, -0.05) is 0 Å². The van der Waals surface area contributed by atoms with Gasteiger partial charge in [0.05, 0.1) is 0 Å². The highest BCUT2D eigenvalue weighted by atomic mass is 19.1. The van der Waals surface area contributed by atoms with Gasteiger partial charge in [-0.3, -0.25) is 0 Å². The molecule has 0 aromatic rings. The van der Waals surface area contributed by atoms with Crippen LogP contribution in [0, 0.1) is 23.7 Å². The minimum Gasteiger partial charge on any atom is -0.316 e. The number of hydrogen-bond donors (Lipinski definition) is 1. The van der Waals surface area contributed by atoms with E-state index in [9.17, 15) is 4.39 Å². The molecule has 3 aliphatic rings. The van der Waals surface area contributed by atoms with E-state index in [2.05, 4.69) is 5.32 Å². The van der Waals surface area contributed by atoms with Crippen molar-refractivity contribution in [2.24, 2.45) is 23.7 Å². The molecule has 0 saturated heterocycles. The minimum atomic E-state index is -0.456. The minimum absolute atomic E-state index is 0.416. The lowest BCUT2D eigenvalue weighted by molar-refractivity contribution is -0.110. The molecule has 1 nitrogen and oxygen atoms in total. The van der Waals surface area contributed by atoms with Gasteiger partial charge in [-0.05, 0) is 56.4 Å². The van der Waals surface area contributed by atoms with E-state index < -0.39 is 6.17 Å². The third kappa shape index (κ3) is 0.903. The van der Waals surface area contributed by atoms with Crippen molar-refractivity contribution in [3.63, 3.8) is 0 Å². The summed E-state index contributed by atoms with van der Waals surface area (Å²) in [5.41, 5.74) is 0. The maximum Gasteiger partial charge on any atom is 0.106 e. The molecular formula is C11H18FN. The summed E-state index contributed by atoms with van der Waals surface area (Å²) in [5, 5.41) is 3.42. The van der Waals surface area contributed by atoms with Crippen LogP contribution in [-0.2, 0) is 0 Å². The smallest absolute Gasteiger partial charge is 0.106 e. The fraction of sp³-hybridized carbons (Fsp3) is 1.00. The van der Waals surface area contributed by atoms with E-state index >= 15 is 0 Å². The van der Waals surface area contributed by atoms with E-state index in [0.29, 0.717) is 29.7 Å².